The summed E-state index contributed by atoms with van der Waals surface area (Å²) in [4.78, 5) is 13.0. The van der Waals surface area contributed by atoms with Crippen molar-refractivity contribution in [2.75, 3.05) is 6.61 Å². The molecule has 5 rings (SSSR count). The maximum atomic E-state index is 13.0. The second-order valence-corrected chi connectivity index (χ2v) is 9.39. The van der Waals surface area contributed by atoms with Gasteiger partial charge in [-0.1, -0.05) is 12.1 Å². The van der Waals surface area contributed by atoms with Gasteiger partial charge in [0.25, 0.3) is 0 Å². The maximum absolute atomic E-state index is 13.0. The molecule has 2 fully saturated rings. The standard InChI is InChI=1S/C25H28O13/c1-9-16(27)19(30)21(32)24(35-9)34-8-15-18(29)20(31)22(33)25(38-15)36-10-6-12-17(28)11-4-2-3-5-14(11)37-23(12)13(26)7-10/h2-7,9,15-16,18-22,24-27,29-33H,8H2,1H3. The van der Waals surface area contributed by atoms with Crippen LogP contribution in [0.25, 0.3) is 21.9 Å². The molecule has 1 aromatic heterocycles. The van der Waals surface area contributed by atoms with Gasteiger partial charge in [-0.05, 0) is 25.1 Å². The molecule has 3 heterocycles. The first-order valence-corrected chi connectivity index (χ1v) is 11.9. The van der Waals surface area contributed by atoms with Gasteiger partial charge in [-0.15, -0.1) is 0 Å². The van der Waals surface area contributed by atoms with Gasteiger partial charge in [0.05, 0.1) is 23.5 Å². The molecule has 0 amide bonds. The summed E-state index contributed by atoms with van der Waals surface area (Å²) in [6.07, 6.45) is -14.7. The average molecular weight is 536 g/mol. The van der Waals surface area contributed by atoms with Gasteiger partial charge in [-0.2, -0.15) is 0 Å². The van der Waals surface area contributed by atoms with E-state index in [1.807, 2.05) is 0 Å². The van der Waals surface area contributed by atoms with Crippen molar-refractivity contribution in [2.24, 2.45) is 0 Å². The minimum Gasteiger partial charge on any atom is -0.504 e. The topological polar surface area (TPSA) is 209 Å². The number of aliphatic hydroxyl groups is 6. The Labute approximate surface area is 214 Å². The van der Waals surface area contributed by atoms with Crippen LogP contribution in [0, 0.1) is 0 Å². The molecule has 206 valence electrons. The Morgan fingerprint density at radius 2 is 1.50 bits per heavy atom. The van der Waals surface area contributed by atoms with E-state index in [4.69, 9.17) is 23.4 Å². The van der Waals surface area contributed by atoms with Gasteiger partial charge in [0.1, 0.15) is 54.1 Å². The largest absolute Gasteiger partial charge is 0.504 e. The minimum absolute atomic E-state index is 0.00256. The van der Waals surface area contributed by atoms with E-state index < -0.39 is 79.2 Å². The van der Waals surface area contributed by atoms with Crippen LogP contribution >= 0.6 is 0 Å². The van der Waals surface area contributed by atoms with Crippen molar-refractivity contribution in [3.8, 4) is 11.5 Å². The second-order valence-electron chi connectivity index (χ2n) is 9.39. The zero-order valence-electron chi connectivity index (χ0n) is 20.0. The fourth-order valence-corrected chi connectivity index (χ4v) is 4.56. The number of hydrogen-bond donors (Lipinski definition) is 7. The van der Waals surface area contributed by atoms with Crippen molar-refractivity contribution in [1.29, 1.82) is 0 Å². The molecular weight excluding hydrogens is 508 g/mol. The van der Waals surface area contributed by atoms with E-state index in [1.165, 1.54) is 13.0 Å². The lowest BCUT2D eigenvalue weighted by Crippen LogP contribution is -2.61. The van der Waals surface area contributed by atoms with E-state index in [-0.39, 0.29) is 27.7 Å². The first-order chi connectivity index (χ1) is 18.1. The number of rotatable bonds is 5. The van der Waals surface area contributed by atoms with Crippen molar-refractivity contribution in [1.82, 2.24) is 0 Å². The van der Waals surface area contributed by atoms with E-state index in [1.54, 1.807) is 24.3 Å². The fourth-order valence-electron chi connectivity index (χ4n) is 4.56. The Bertz CT molecular complexity index is 1360. The highest BCUT2D eigenvalue weighted by atomic mass is 16.7. The van der Waals surface area contributed by atoms with E-state index in [9.17, 15) is 40.5 Å². The summed E-state index contributed by atoms with van der Waals surface area (Å²) < 4.78 is 27.7. The summed E-state index contributed by atoms with van der Waals surface area (Å²) in [5.74, 6) is -0.508. The molecule has 38 heavy (non-hydrogen) atoms. The molecule has 0 spiro atoms. The summed E-state index contributed by atoms with van der Waals surface area (Å²) in [5.41, 5.74) is -0.217. The van der Waals surface area contributed by atoms with Crippen LogP contribution in [0.4, 0.5) is 0 Å². The lowest BCUT2D eigenvalue weighted by Gasteiger charge is -2.42. The van der Waals surface area contributed by atoms with Gasteiger partial charge >= 0.3 is 0 Å². The third-order valence-corrected chi connectivity index (χ3v) is 6.79. The number of ether oxygens (including phenoxy) is 4. The predicted molar refractivity (Wildman–Crippen MR) is 127 cm³/mol. The zero-order valence-corrected chi connectivity index (χ0v) is 20.0. The number of aliphatic hydroxyl groups excluding tert-OH is 6. The van der Waals surface area contributed by atoms with E-state index in [0.29, 0.717) is 0 Å². The Morgan fingerprint density at radius 1 is 0.816 bits per heavy atom. The molecule has 13 nitrogen and oxygen atoms in total. The number of fused-ring (bicyclic) bond motifs is 2. The van der Waals surface area contributed by atoms with E-state index in [0.717, 1.165) is 6.07 Å². The fraction of sp³-hybridized carbons (Fsp3) is 0.480. The molecule has 10 unspecified atom stereocenters. The molecule has 2 aliphatic heterocycles. The monoisotopic (exact) mass is 536 g/mol. The molecule has 3 aromatic rings. The van der Waals surface area contributed by atoms with Crippen LogP contribution in [0.2, 0.25) is 0 Å². The quantitative estimate of drug-likeness (QED) is 0.189. The van der Waals surface area contributed by atoms with Gasteiger partial charge in [0.2, 0.25) is 11.7 Å². The maximum Gasteiger partial charge on any atom is 0.229 e. The lowest BCUT2D eigenvalue weighted by molar-refractivity contribution is -0.318. The van der Waals surface area contributed by atoms with Crippen molar-refractivity contribution in [2.45, 2.75) is 68.3 Å². The van der Waals surface area contributed by atoms with Crippen LogP contribution in [-0.4, -0.2) is 104 Å². The summed E-state index contributed by atoms with van der Waals surface area (Å²) in [7, 11) is 0. The molecule has 10 atom stereocenters. The Balaban J connectivity index is 1.35. The van der Waals surface area contributed by atoms with Crippen LogP contribution in [0.5, 0.6) is 11.5 Å². The van der Waals surface area contributed by atoms with Crippen molar-refractivity contribution in [3.05, 3.63) is 46.6 Å². The summed E-state index contributed by atoms with van der Waals surface area (Å²) in [6, 6.07) is 8.91. The second kappa shape index (κ2) is 10.4. The molecule has 7 N–H and O–H groups in total. The molecule has 0 bridgehead atoms. The SMILES string of the molecule is CC1OC(OCC2OC(Oc3cc(O)c4oc5ccccc5c(=O)c4c3)C(O)C(O)C2O)C(O)C(O)C1O. The molecule has 2 aliphatic rings. The van der Waals surface area contributed by atoms with Crippen LogP contribution in [-0.2, 0) is 14.2 Å². The van der Waals surface area contributed by atoms with Gasteiger partial charge < -0.3 is 59.1 Å². The molecular formula is C25H28O13. The highest BCUT2D eigenvalue weighted by molar-refractivity contribution is 5.93. The highest BCUT2D eigenvalue weighted by Crippen LogP contribution is 2.33. The molecule has 2 saturated heterocycles. The van der Waals surface area contributed by atoms with E-state index >= 15 is 0 Å². The van der Waals surface area contributed by atoms with Gasteiger partial charge in [-0.3, -0.25) is 4.79 Å². The Hall–Kier alpha value is -2.85. The normalized spacial score (nSPS) is 36.0. The number of phenolic OH excluding ortho intramolecular Hbond substituents is 1. The Kier molecular flexibility index (Phi) is 7.30. The van der Waals surface area contributed by atoms with Crippen molar-refractivity contribution >= 4 is 21.9 Å². The first kappa shape index (κ1) is 26.7. The van der Waals surface area contributed by atoms with Crippen molar-refractivity contribution < 1.29 is 59.1 Å². The molecule has 0 radical (unpaired) electrons. The number of hydrogen-bond acceptors (Lipinski definition) is 13. The molecule has 2 aromatic carbocycles. The molecule has 0 saturated carbocycles. The number of aromatic hydroxyl groups is 1. The average Bonchev–Trinajstić information content (AvgIpc) is 2.90. The number of para-hydroxylation sites is 1. The van der Waals surface area contributed by atoms with Gasteiger partial charge in [-0.25, -0.2) is 0 Å². The van der Waals surface area contributed by atoms with Crippen LogP contribution in [0.1, 0.15) is 6.92 Å². The van der Waals surface area contributed by atoms with Crippen molar-refractivity contribution in [3.63, 3.8) is 0 Å². The molecule has 0 aliphatic carbocycles. The summed E-state index contributed by atoms with van der Waals surface area (Å²) in [5, 5.41) is 71.9. The van der Waals surface area contributed by atoms with E-state index in [2.05, 4.69) is 0 Å². The number of benzene rings is 2. The summed E-state index contributed by atoms with van der Waals surface area (Å²) in [6.45, 7) is 0.995. The van der Waals surface area contributed by atoms with Crippen LogP contribution in [0.15, 0.2) is 45.6 Å². The number of phenols is 1. The Morgan fingerprint density at radius 3 is 2.26 bits per heavy atom. The minimum atomic E-state index is -1.74. The van der Waals surface area contributed by atoms with Gasteiger partial charge in [0, 0.05) is 6.07 Å². The first-order valence-electron chi connectivity index (χ1n) is 11.9. The summed E-state index contributed by atoms with van der Waals surface area (Å²) >= 11 is 0. The third kappa shape index (κ3) is 4.73. The zero-order chi connectivity index (χ0) is 27.3. The van der Waals surface area contributed by atoms with Crippen LogP contribution in [0.3, 0.4) is 0 Å². The highest BCUT2D eigenvalue weighted by Gasteiger charge is 2.47. The van der Waals surface area contributed by atoms with Crippen LogP contribution < -0.4 is 10.2 Å². The lowest BCUT2D eigenvalue weighted by atomic mass is 9.98. The predicted octanol–water partition coefficient (Wildman–Crippen LogP) is -1.32. The smallest absolute Gasteiger partial charge is 0.229 e. The molecule has 13 heteroatoms. The third-order valence-electron chi connectivity index (χ3n) is 6.79. The van der Waals surface area contributed by atoms with Gasteiger partial charge in [0.15, 0.2) is 17.6 Å².